The summed E-state index contributed by atoms with van der Waals surface area (Å²) in [5, 5.41) is 0. The average Bonchev–Trinajstić information content (AvgIpc) is 3.11. The Morgan fingerprint density at radius 2 is 1.67 bits per heavy atom. The molecule has 1 fully saturated rings. The van der Waals surface area contributed by atoms with Gasteiger partial charge in [0.25, 0.3) is 0 Å². The lowest BCUT2D eigenvalue weighted by atomic mass is 9.86. The monoisotopic (exact) mass is 244 g/mol. The van der Waals surface area contributed by atoms with Crippen molar-refractivity contribution >= 4 is 11.6 Å². The minimum atomic E-state index is -0.0487. The fraction of sp³-hybridized carbons (Fsp3) is 0.500. The van der Waals surface area contributed by atoms with E-state index >= 15 is 0 Å². The molecule has 1 saturated carbocycles. The van der Waals surface area contributed by atoms with Crippen molar-refractivity contribution in [2.24, 2.45) is 5.92 Å². The van der Waals surface area contributed by atoms with Gasteiger partial charge in [-0.15, -0.1) is 0 Å². The van der Waals surface area contributed by atoms with Crippen LogP contribution in [0.5, 0.6) is 0 Å². The molecule has 1 aliphatic rings. The molecule has 1 aromatic rings. The van der Waals surface area contributed by atoms with Crippen LogP contribution in [0.4, 0.5) is 0 Å². The van der Waals surface area contributed by atoms with Gasteiger partial charge in [0, 0.05) is 11.5 Å². The molecule has 2 heteroatoms. The van der Waals surface area contributed by atoms with Crippen molar-refractivity contribution in [3.8, 4) is 0 Å². The number of hydrogen-bond acceptors (Lipinski definition) is 2. The van der Waals surface area contributed by atoms with Gasteiger partial charge in [-0.25, -0.2) is 0 Å². The maximum absolute atomic E-state index is 11.9. The fourth-order valence-corrected chi connectivity index (χ4v) is 1.97. The van der Waals surface area contributed by atoms with Crippen LogP contribution in [0.25, 0.3) is 0 Å². The zero-order valence-corrected chi connectivity index (χ0v) is 11.3. The fourth-order valence-electron chi connectivity index (χ4n) is 1.97. The predicted molar refractivity (Wildman–Crippen MR) is 71.8 cm³/mol. The molecule has 0 atom stereocenters. The summed E-state index contributed by atoms with van der Waals surface area (Å²) in [6.07, 6.45) is 2.00. The van der Waals surface area contributed by atoms with E-state index < -0.39 is 0 Å². The zero-order valence-electron chi connectivity index (χ0n) is 11.3. The summed E-state index contributed by atoms with van der Waals surface area (Å²) in [7, 11) is 0. The summed E-state index contributed by atoms with van der Waals surface area (Å²) in [5.74, 6) is 0.232. The number of ketones is 2. The molecule has 2 nitrogen and oxygen atoms in total. The van der Waals surface area contributed by atoms with Crippen LogP contribution < -0.4 is 0 Å². The summed E-state index contributed by atoms with van der Waals surface area (Å²) in [4.78, 5) is 23.5. The van der Waals surface area contributed by atoms with E-state index in [1.165, 1.54) is 5.56 Å². The maximum atomic E-state index is 11.9. The molecule has 0 spiro atoms. The predicted octanol–water partition coefficient (Wildman–Crippen LogP) is 3.54. The van der Waals surface area contributed by atoms with Crippen molar-refractivity contribution in [2.75, 3.05) is 0 Å². The van der Waals surface area contributed by atoms with Gasteiger partial charge in [0.1, 0.15) is 5.78 Å². The van der Waals surface area contributed by atoms with E-state index in [1.54, 1.807) is 0 Å². The third kappa shape index (κ3) is 3.06. The standard InChI is InChI=1S/C16H20O2/c1-16(2,3)13-8-6-12(7-9-13)15(18)10-14(17)11-4-5-11/h6-9,11H,4-5,10H2,1-3H3. The lowest BCUT2D eigenvalue weighted by molar-refractivity contribution is -0.119. The molecule has 0 aliphatic heterocycles. The second-order valence-corrected chi connectivity index (χ2v) is 6.17. The molecule has 0 bridgehead atoms. The quantitative estimate of drug-likeness (QED) is 0.599. The first-order valence-electron chi connectivity index (χ1n) is 6.54. The molecule has 0 unspecified atom stereocenters. The topological polar surface area (TPSA) is 34.1 Å². The lowest BCUT2D eigenvalue weighted by Gasteiger charge is -2.18. The van der Waals surface area contributed by atoms with Crippen molar-refractivity contribution in [1.29, 1.82) is 0 Å². The Kier molecular flexibility index (Phi) is 3.38. The first kappa shape index (κ1) is 13.0. The highest BCUT2D eigenvalue weighted by molar-refractivity contribution is 6.09. The Bertz CT molecular complexity index is 459. The Morgan fingerprint density at radius 1 is 1.11 bits per heavy atom. The van der Waals surface area contributed by atoms with Crippen LogP contribution in [-0.2, 0) is 10.2 Å². The van der Waals surface area contributed by atoms with Gasteiger partial charge in [-0.1, -0.05) is 45.0 Å². The molecular formula is C16H20O2. The Balaban J connectivity index is 2.04. The van der Waals surface area contributed by atoms with Gasteiger partial charge < -0.3 is 0 Å². The zero-order chi connectivity index (χ0) is 13.3. The van der Waals surface area contributed by atoms with E-state index in [9.17, 15) is 9.59 Å². The molecule has 18 heavy (non-hydrogen) atoms. The van der Waals surface area contributed by atoms with Crippen LogP contribution in [0.3, 0.4) is 0 Å². The van der Waals surface area contributed by atoms with Crippen molar-refractivity contribution < 1.29 is 9.59 Å². The summed E-state index contributed by atoms with van der Waals surface area (Å²) >= 11 is 0. The van der Waals surface area contributed by atoms with Crippen LogP contribution in [-0.4, -0.2) is 11.6 Å². The van der Waals surface area contributed by atoms with Crippen LogP contribution in [0.1, 0.15) is 56.0 Å². The van der Waals surface area contributed by atoms with Crippen LogP contribution in [0, 0.1) is 5.92 Å². The van der Waals surface area contributed by atoms with Crippen LogP contribution >= 0.6 is 0 Å². The molecule has 2 rings (SSSR count). The van der Waals surface area contributed by atoms with E-state index in [1.807, 2.05) is 24.3 Å². The third-order valence-electron chi connectivity index (χ3n) is 3.44. The SMILES string of the molecule is CC(C)(C)c1ccc(C(=O)CC(=O)C2CC2)cc1. The van der Waals surface area contributed by atoms with Gasteiger partial charge >= 0.3 is 0 Å². The molecule has 0 radical (unpaired) electrons. The Labute approximate surface area is 108 Å². The number of benzene rings is 1. The molecule has 0 N–H and O–H groups in total. The highest BCUT2D eigenvalue weighted by Gasteiger charge is 2.30. The summed E-state index contributed by atoms with van der Waals surface area (Å²) < 4.78 is 0. The summed E-state index contributed by atoms with van der Waals surface area (Å²) in [6.45, 7) is 6.42. The van der Waals surface area contributed by atoms with Gasteiger partial charge in [-0.3, -0.25) is 9.59 Å². The minimum Gasteiger partial charge on any atom is -0.299 e. The van der Waals surface area contributed by atoms with Crippen LogP contribution in [0.2, 0.25) is 0 Å². The highest BCUT2D eigenvalue weighted by atomic mass is 16.1. The molecule has 96 valence electrons. The van der Waals surface area contributed by atoms with E-state index in [0.717, 1.165) is 12.8 Å². The molecule has 0 aromatic heterocycles. The van der Waals surface area contributed by atoms with Crippen molar-refractivity contribution in [1.82, 2.24) is 0 Å². The number of carbonyl (C=O) groups excluding carboxylic acids is 2. The smallest absolute Gasteiger partial charge is 0.170 e. The molecule has 1 aliphatic carbocycles. The Hall–Kier alpha value is -1.44. The van der Waals surface area contributed by atoms with E-state index in [2.05, 4.69) is 20.8 Å². The van der Waals surface area contributed by atoms with Crippen molar-refractivity contribution in [3.05, 3.63) is 35.4 Å². The van der Waals surface area contributed by atoms with E-state index in [0.29, 0.717) is 5.56 Å². The number of hydrogen-bond donors (Lipinski definition) is 0. The van der Waals surface area contributed by atoms with Crippen molar-refractivity contribution in [2.45, 2.75) is 45.4 Å². The first-order valence-corrected chi connectivity index (χ1v) is 6.54. The summed E-state index contributed by atoms with van der Waals surface area (Å²) in [6, 6.07) is 7.63. The minimum absolute atomic E-state index is 0.0487. The highest BCUT2D eigenvalue weighted by Crippen LogP contribution is 2.31. The third-order valence-corrected chi connectivity index (χ3v) is 3.44. The van der Waals surface area contributed by atoms with Gasteiger partial charge in [-0.2, -0.15) is 0 Å². The molecular weight excluding hydrogens is 224 g/mol. The molecule has 0 amide bonds. The second kappa shape index (κ2) is 4.68. The largest absolute Gasteiger partial charge is 0.299 e. The van der Waals surface area contributed by atoms with Crippen molar-refractivity contribution in [3.63, 3.8) is 0 Å². The van der Waals surface area contributed by atoms with Crippen LogP contribution in [0.15, 0.2) is 24.3 Å². The lowest BCUT2D eigenvalue weighted by Crippen LogP contribution is -2.12. The van der Waals surface area contributed by atoms with Gasteiger partial charge in [0.2, 0.25) is 0 Å². The van der Waals surface area contributed by atoms with Gasteiger partial charge in [-0.05, 0) is 23.8 Å². The molecule has 1 aromatic carbocycles. The molecule has 0 heterocycles. The Morgan fingerprint density at radius 3 is 2.11 bits per heavy atom. The second-order valence-electron chi connectivity index (χ2n) is 6.17. The van der Waals surface area contributed by atoms with E-state index in [-0.39, 0.29) is 29.3 Å². The maximum Gasteiger partial charge on any atom is 0.170 e. The van der Waals surface area contributed by atoms with Gasteiger partial charge in [0.05, 0.1) is 6.42 Å². The number of rotatable bonds is 4. The van der Waals surface area contributed by atoms with Gasteiger partial charge in [0.15, 0.2) is 5.78 Å². The number of carbonyl (C=O) groups is 2. The normalized spacial score (nSPS) is 15.5. The average molecular weight is 244 g/mol. The van der Waals surface area contributed by atoms with E-state index in [4.69, 9.17) is 0 Å². The number of Topliss-reactive ketones (excluding diaryl/α,β-unsaturated/α-hetero) is 2. The molecule has 0 saturated heterocycles. The first-order chi connectivity index (χ1) is 8.38. The summed E-state index contributed by atoms with van der Waals surface area (Å²) in [5.41, 5.74) is 1.94.